The maximum absolute atomic E-state index is 11.5. The first-order valence-electron chi connectivity index (χ1n) is 5.45. The Kier molecular flexibility index (Phi) is 6.55. The summed E-state index contributed by atoms with van der Waals surface area (Å²) in [5.41, 5.74) is 4.94. The van der Waals surface area contributed by atoms with E-state index in [0.717, 1.165) is 6.54 Å². The van der Waals surface area contributed by atoms with Crippen molar-refractivity contribution in [3.63, 3.8) is 0 Å². The minimum absolute atomic E-state index is 0.308. The molecule has 0 aliphatic heterocycles. The van der Waals surface area contributed by atoms with Gasteiger partial charge in [-0.15, -0.1) is 0 Å². The van der Waals surface area contributed by atoms with Crippen molar-refractivity contribution in [2.45, 2.75) is 32.4 Å². The number of carbonyl (C=O) groups is 1. The third-order valence-electron chi connectivity index (χ3n) is 2.50. The molecule has 0 saturated heterocycles. The molecule has 5 nitrogen and oxygen atoms in total. The zero-order valence-electron chi connectivity index (χ0n) is 10.9. The molecule has 2 N–H and O–H groups in total. The summed E-state index contributed by atoms with van der Waals surface area (Å²) in [7, 11) is 3.00. The Bertz CT molecular complexity index is 217. The average Bonchev–Trinajstić information content (AvgIpc) is 2.22. The minimum atomic E-state index is -0.979. The third-order valence-corrected chi connectivity index (χ3v) is 2.50. The standard InChI is InChI=1S/C11H24N2O3/c1-9(2)13(6-7-15-4)8-11(3,12)10(14)16-5/h9H,6-8,12H2,1-5H3. The van der Waals surface area contributed by atoms with Gasteiger partial charge in [0.1, 0.15) is 5.54 Å². The van der Waals surface area contributed by atoms with Crippen molar-refractivity contribution < 1.29 is 14.3 Å². The van der Waals surface area contributed by atoms with Gasteiger partial charge in [0.15, 0.2) is 0 Å². The molecular weight excluding hydrogens is 208 g/mol. The number of nitrogens with zero attached hydrogens (tertiary/aromatic N) is 1. The zero-order chi connectivity index (χ0) is 12.8. The molecule has 16 heavy (non-hydrogen) atoms. The van der Waals surface area contributed by atoms with Gasteiger partial charge in [0, 0.05) is 26.2 Å². The maximum Gasteiger partial charge on any atom is 0.326 e. The zero-order valence-corrected chi connectivity index (χ0v) is 10.9. The van der Waals surface area contributed by atoms with Crippen LogP contribution < -0.4 is 5.73 Å². The minimum Gasteiger partial charge on any atom is -0.468 e. The predicted octanol–water partition coefficient (Wildman–Crippen LogP) is 0.234. The van der Waals surface area contributed by atoms with Crippen molar-refractivity contribution in [1.82, 2.24) is 4.90 Å². The predicted molar refractivity (Wildman–Crippen MR) is 63.2 cm³/mol. The van der Waals surface area contributed by atoms with E-state index in [2.05, 4.69) is 23.5 Å². The molecular formula is C11H24N2O3. The molecule has 0 saturated carbocycles. The quantitative estimate of drug-likeness (QED) is 0.637. The second-order valence-corrected chi connectivity index (χ2v) is 4.47. The normalized spacial score (nSPS) is 15.2. The first-order chi connectivity index (χ1) is 7.35. The van der Waals surface area contributed by atoms with Gasteiger partial charge in [-0.3, -0.25) is 9.69 Å². The molecule has 5 heteroatoms. The summed E-state index contributed by atoms with van der Waals surface area (Å²) < 4.78 is 9.70. The summed E-state index contributed by atoms with van der Waals surface area (Å²) in [5, 5.41) is 0. The number of ether oxygens (including phenoxy) is 2. The van der Waals surface area contributed by atoms with Gasteiger partial charge in [-0.2, -0.15) is 0 Å². The molecule has 0 aromatic rings. The Morgan fingerprint density at radius 1 is 1.44 bits per heavy atom. The SMILES string of the molecule is COCCN(CC(C)(N)C(=O)OC)C(C)C. The molecule has 0 heterocycles. The van der Waals surface area contributed by atoms with Crippen molar-refractivity contribution in [3.05, 3.63) is 0 Å². The lowest BCUT2D eigenvalue weighted by Gasteiger charge is -2.33. The number of carbonyl (C=O) groups excluding carboxylic acids is 1. The highest BCUT2D eigenvalue weighted by molar-refractivity contribution is 5.80. The summed E-state index contributed by atoms with van der Waals surface area (Å²) in [6.45, 7) is 7.63. The lowest BCUT2D eigenvalue weighted by Crippen LogP contribution is -2.56. The highest BCUT2D eigenvalue weighted by atomic mass is 16.5. The molecule has 0 aromatic heterocycles. The van der Waals surface area contributed by atoms with Crippen LogP contribution >= 0.6 is 0 Å². The fraction of sp³-hybridized carbons (Fsp3) is 0.909. The van der Waals surface area contributed by atoms with Gasteiger partial charge in [0.05, 0.1) is 13.7 Å². The Morgan fingerprint density at radius 2 is 2.00 bits per heavy atom. The van der Waals surface area contributed by atoms with Crippen molar-refractivity contribution >= 4 is 5.97 Å². The molecule has 96 valence electrons. The Hall–Kier alpha value is -0.650. The molecule has 0 aliphatic rings. The van der Waals surface area contributed by atoms with E-state index < -0.39 is 11.5 Å². The van der Waals surface area contributed by atoms with Crippen LogP contribution in [0.25, 0.3) is 0 Å². The molecule has 0 amide bonds. The van der Waals surface area contributed by atoms with E-state index in [-0.39, 0.29) is 0 Å². The lowest BCUT2D eigenvalue weighted by molar-refractivity contribution is -0.147. The van der Waals surface area contributed by atoms with Crippen LogP contribution in [-0.2, 0) is 14.3 Å². The molecule has 0 fully saturated rings. The smallest absolute Gasteiger partial charge is 0.326 e. The van der Waals surface area contributed by atoms with E-state index in [1.807, 2.05) is 0 Å². The fourth-order valence-electron chi connectivity index (χ4n) is 1.45. The third kappa shape index (κ3) is 4.92. The number of esters is 1. The summed E-state index contributed by atoms with van der Waals surface area (Å²) in [6, 6.07) is 0.308. The van der Waals surface area contributed by atoms with E-state index in [0.29, 0.717) is 19.2 Å². The van der Waals surface area contributed by atoms with Gasteiger partial charge < -0.3 is 15.2 Å². The van der Waals surface area contributed by atoms with Crippen LogP contribution in [-0.4, -0.2) is 56.4 Å². The molecule has 0 bridgehead atoms. The van der Waals surface area contributed by atoms with Crippen LogP contribution in [0.3, 0.4) is 0 Å². The van der Waals surface area contributed by atoms with Gasteiger partial charge in [-0.25, -0.2) is 0 Å². The largest absolute Gasteiger partial charge is 0.468 e. The fourth-order valence-corrected chi connectivity index (χ4v) is 1.45. The molecule has 0 spiro atoms. The first kappa shape index (κ1) is 15.3. The molecule has 0 radical (unpaired) electrons. The van der Waals surface area contributed by atoms with Crippen molar-refractivity contribution in [2.24, 2.45) is 5.73 Å². The summed E-state index contributed by atoms with van der Waals surface area (Å²) in [5.74, 6) is -0.393. The molecule has 0 aliphatic carbocycles. The highest BCUT2D eigenvalue weighted by Crippen LogP contribution is 2.08. The van der Waals surface area contributed by atoms with Crippen molar-refractivity contribution in [1.29, 1.82) is 0 Å². The van der Waals surface area contributed by atoms with Crippen LogP contribution in [0.5, 0.6) is 0 Å². The van der Waals surface area contributed by atoms with Gasteiger partial charge >= 0.3 is 5.97 Å². The van der Waals surface area contributed by atoms with E-state index >= 15 is 0 Å². The van der Waals surface area contributed by atoms with Gasteiger partial charge in [0.25, 0.3) is 0 Å². The Labute approximate surface area is 97.9 Å². The molecule has 0 rings (SSSR count). The van der Waals surface area contributed by atoms with E-state index in [1.165, 1.54) is 7.11 Å². The number of nitrogens with two attached hydrogens (primary N) is 1. The number of hydrogen-bond donors (Lipinski definition) is 1. The Morgan fingerprint density at radius 3 is 2.38 bits per heavy atom. The van der Waals surface area contributed by atoms with E-state index in [9.17, 15) is 4.79 Å². The van der Waals surface area contributed by atoms with Gasteiger partial charge in [0.2, 0.25) is 0 Å². The number of methoxy groups -OCH3 is 2. The van der Waals surface area contributed by atoms with Crippen LogP contribution in [0, 0.1) is 0 Å². The average molecular weight is 232 g/mol. The number of rotatable bonds is 7. The van der Waals surface area contributed by atoms with Gasteiger partial charge in [-0.1, -0.05) is 0 Å². The monoisotopic (exact) mass is 232 g/mol. The van der Waals surface area contributed by atoms with Crippen LogP contribution in [0.2, 0.25) is 0 Å². The number of hydrogen-bond acceptors (Lipinski definition) is 5. The summed E-state index contributed by atoms with van der Waals surface area (Å²) in [4.78, 5) is 13.6. The second kappa shape index (κ2) is 6.83. The Balaban J connectivity index is 4.42. The van der Waals surface area contributed by atoms with Crippen LogP contribution in [0.15, 0.2) is 0 Å². The molecule has 0 aromatic carbocycles. The van der Waals surface area contributed by atoms with Gasteiger partial charge in [-0.05, 0) is 20.8 Å². The topological polar surface area (TPSA) is 64.8 Å². The second-order valence-electron chi connectivity index (χ2n) is 4.47. The van der Waals surface area contributed by atoms with Crippen LogP contribution in [0.1, 0.15) is 20.8 Å². The van der Waals surface area contributed by atoms with Crippen LogP contribution in [0.4, 0.5) is 0 Å². The maximum atomic E-state index is 11.5. The summed E-state index contributed by atoms with van der Waals surface area (Å²) >= 11 is 0. The van der Waals surface area contributed by atoms with Crippen molar-refractivity contribution in [3.8, 4) is 0 Å². The first-order valence-corrected chi connectivity index (χ1v) is 5.45. The van der Waals surface area contributed by atoms with Crippen molar-refractivity contribution in [2.75, 3.05) is 33.9 Å². The molecule has 1 unspecified atom stereocenters. The summed E-state index contributed by atoms with van der Waals surface area (Å²) in [6.07, 6.45) is 0. The van der Waals surface area contributed by atoms with E-state index in [1.54, 1.807) is 14.0 Å². The van der Waals surface area contributed by atoms with E-state index in [4.69, 9.17) is 10.5 Å². The molecule has 1 atom stereocenters. The highest BCUT2D eigenvalue weighted by Gasteiger charge is 2.32. The lowest BCUT2D eigenvalue weighted by atomic mass is 10.0.